The van der Waals surface area contributed by atoms with Gasteiger partial charge in [0.1, 0.15) is 22.0 Å². The van der Waals surface area contributed by atoms with Gasteiger partial charge in [0.25, 0.3) is 0 Å². The van der Waals surface area contributed by atoms with Gasteiger partial charge in [-0.05, 0) is 37.5 Å². The summed E-state index contributed by atoms with van der Waals surface area (Å²) < 4.78 is 73.2. The summed E-state index contributed by atoms with van der Waals surface area (Å²) in [6.07, 6.45) is -0.0820. The van der Waals surface area contributed by atoms with E-state index in [-0.39, 0.29) is 29.2 Å². The second-order valence-corrected chi connectivity index (χ2v) is 8.79. The van der Waals surface area contributed by atoms with E-state index < -0.39 is 50.8 Å². The van der Waals surface area contributed by atoms with Crippen LogP contribution in [0, 0.1) is 44.0 Å². The fourth-order valence-corrected chi connectivity index (χ4v) is 4.75. The molecule has 0 atom stereocenters. The van der Waals surface area contributed by atoms with Gasteiger partial charge in [0.15, 0.2) is 23.3 Å². The van der Waals surface area contributed by atoms with Crippen molar-refractivity contribution in [2.75, 3.05) is 5.75 Å². The van der Waals surface area contributed by atoms with Gasteiger partial charge in [-0.2, -0.15) is 3.89 Å². The Balaban J connectivity index is 1.86. The number of benzene rings is 2. The van der Waals surface area contributed by atoms with E-state index in [0.29, 0.717) is 17.3 Å². The lowest BCUT2D eigenvalue weighted by Crippen LogP contribution is -2.08. The topological polar surface area (TPSA) is 50.4 Å². The van der Waals surface area contributed by atoms with Crippen LogP contribution in [0.15, 0.2) is 37.2 Å². The average molecular weight is 488 g/mol. The maximum Gasteiger partial charge on any atom is 0.347 e. The molecule has 0 unspecified atom stereocenters. The number of aryl methyl sites for hydroxylation is 4. The van der Waals surface area contributed by atoms with Crippen molar-refractivity contribution in [2.24, 2.45) is 0 Å². The minimum Gasteiger partial charge on any atom is -0.507 e. The molecule has 0 saturated carbocycles. The Morgan fingerprint density at radius 2 is 1.41 bits per heavy atom. The fraction of sp³-hybridized carbons (Fsp3) is 0.227. The first kappa shape index (κ1) is 24.2. The van der Waals surface area contributed by atoms with E-state index in [4.69, 9.17) is 4.42 Å². The van der Waals surface area contributed by atoms with Crippen LogP contribution in [-0.2, 0) is 6.42 Å². The Kier molecular flexibility index (Phi) is 7.24. The van der Waals surface area contributed by atoms with Crippen LogP contribution in [-0.4, -0.2) is 10.9 Å². The lowest BCUT2D eigenvalue weighted by atomic mass is 9.94. The van der Waals surface area contributed by atoms with Gasteiger partial charge in [0, 0.05) is 18.2 Å². The third kappa shape index (κ3) is 4.52. The summed E-state index contributed by atoms with van der Waals surface area (Å²) in [6.45, 7) is 5.50. The van der Waals surface area contributed by atoms with Crippen molar-refractivity contribution in [3.63, 3.8) is 0 Å². The minimum absolute atomic E-state index is 0.00283. The van der Waals surface area contributed by atoms with Gasteiger partial charge in [-0.1, -0.05) is 17.7 Å². The number of hydrogen-bond donors (Lipinski definition) is 1. The normalized spacial score (nSPS) is 11.2. The van der Waals surface area contributed by atoms with E-state index in [1.165, 1.54) is 6.07 Å². The zero-order valence-corrected chi connectivity index (χ0v) is 18.7. The van der Waals surface area contributed by atoms with Crippen molar-refractivity contribution in [3.05, 3.63) is 74.3 Å². The molecule has 3 rings (SSSR count). The summed E-state index contributed by atoms with van der Waals surface area (Å²) in [4.78, 5) is 10.2. The average Bonchev–Trinajstić information content (AvgIpc) is 2.71. The molecule has 10 heteroatoms. The van der Waals surface area contributed by atoms with Crippen molar-refractivity contribution in [1.82, 2.24) is 0 Å². The molecular weight excluding hydrogens is 471 g/mol. The molecule has 170 valence electrons. The first-order chi connectivity index (χ1) is 15.1. The number of rotatable bonds is 6. The molecule has 32 heavy (non-hydrogen) atoms. The Morgan fingerprint density at radius 1 is 0.875 bits per heavy atom. The summed E-state index contributed by atoms with van der Waals surface area (Å²) in [5, 5.41) is 10.5. The number of halogens is 5. The predicted octanol–water partition coefficient (Wildman–Crippen LogP) is 6.81. The van der Waals surface area contributed by atoms with Crippen LogP contribution >= 0.6 is 23.9 Å². The van der Waals surface area contributed by atoms with Gasteiger partial charge in [-0.25, -0.2) is 22.4 Å². The molecule has 1 heterocycles. The van der Waals surface area contributed by atoms with Crippen LogP contribution in [0.1, 0.15) is 22.5 Å². The molecule has 0 radical (unpaired) electrons. The van der Waals surface area contributed by atoms with Crippen molar-refractivity contribution in [2.45, 2.75) is 37.0 Å². The number of hydrogen-bond acceptors (Lipinski definition) is 5. The van der Waals surface area contributed by atoms with E-state index >= 15 is 0 Å². The molecule has 1 N–H and O–H groups in total. The molecule has 0 saturated heterocycles. The van der Waals surface area contributed by atoms with Crippen molar-refractivity contribution in [1.29, 1.82) is 0 Å². The maximum absolute atomic E-state index is 14.0. The SMILES string of the molecule is Cc1cc(C)c(-c2c(O)cc(CCSc3c(F)c(F)c(SF)c(F)c3F)oc2=O)c(C)c1. The second kappa shape index (κ2) is 9.58. The Labute approximate surface area is 189 Å². The van der Waals surface area contributed by atoms with Crippen molar-refractivity contribution >= 4 is 23.9 Å². The van der Waals surface area contributed by atoms with E-state index in [1.807, 2.05) is 19.1 Å². The van der Waals surface area contributed by atoms with Crippen LogP contribution in [0.4, 0.5) is 21.4 Å². The second-order valence-electron chi connectivity index (χ2n) is 7.12. The zero-order valence-electron chi connectivity index (χ0n) is 17.1. The molecule has 0 fully saturated rings. The molecule has 0 aliphatic rings. The highest BCUT2D eigenvalue weighted by molar-refractivity contribution is 7.99. The Bertz CT molecular complexity index is 1210. The van der Waals surface area contributed by atoms with Gasteiger partial charge in [-0.3, -0.25) is 0 Å². The smallest absolute Gasteiger partial charge is 0.347 e. The van der Waals surface area contributed by atoms with Crippen LogP contribution in [0.25, 0.3) is 11.1 Å². The van der Waals surface area contributed by atoms with Crippen LogP contribution < -0.4 is 5.63 Å². The van der Waals surface area contributed by atoms with Crippen LogP contribution in [0.5, 0.6) is 5.75 Å². The lowest BCUT2D eigenvalue weighted by molar-refractivity contribution is 0.399. The standard InChI is InChI=1S/C22H17F5O3S2/c1-9-6-10(2)14(11(3)7-9)15-13(28)8-12(30-22(15)29)4-5-31-20-16(23)18(25)21(32-27)19(26)17(20)24/h6-8,28H,4-5H2,1-3H3. The molecule has 0 aliphatic heterocycles. The molecule has 0 bridgehead atoms. The molecule has 1 aromatic heterocycles. The molecule has 2 aromatic carbocycles. The molecule has 0 amide bonds. The highest BCUT2D eigenvalue weighted by Gasteiger charge is 2.26. The molecule has 3 nitrogen and oxygen atoms in total. The molecule has 0 spiro atoms. The predicted molar refractivity (Wildman–Crippen MR) is 114 cm³/mol. The summed E-state index contributed by atoms with van der Waals surface area (Å²) in [6, 6.07) is 4.94. The number of thioether (sulfide) groups is 1. The Hall–Kier alpha value is -2.46. The summed E-state index contributed by atoms with van der Waals surface area (Å²) in [5.74, 6) is -7.51. The molecular formula is C22H17F5O3S2. The quantitative estimate of drug-likeness (QED) is 0.235. The first-order valence-corrected chi connectivity index (χ1v) is 11.0. The third-order valence-corrected chi connectivity index (χ3v) is 6.33. The van der Waals surface area contributed by atoms with E-state index in [2.05, 4.69) is 0 Å². The molecule has 0 aliphatic carbocycles. The van der Waals surface area contributed by atoms with E-state index in [9.17, 15) is 31.3 Å². The minimum atomic E-state index is -1.82. The largest absolute Gasteiger partial charge is 0.507 e. The lowest BCUT2D eigenvalue weighted by Gasteiger charge is -2.13. The third-order valence-electron chi connectivity index (χ3n) is 4.76. The van der Waals surface area contributed by atoms with Gasteiger partial charge < -0.3 is 9.52 Å². The molecule has 3 aromatic rings. The zero-order chi connectivity index (χ0) is 23.7. The van der Waals surface area contributed by atoms with Crippen LogP contribution in [0.2, 0.25) is 0 Å². The first-order valence-electron chi connectivity index (χ1n) is 9.28. The summed E-state index contributed by atoms with van der Waals surface area (Å²) in [7, 11) is 0. The van der Waals surface area contributed by atoms with Gasteiger partial charge in [0.05, 0.1) is 17.0 Å². The highest BCUT2D eigenvalue weighted by atomic mass is 32.2. The van der Waals surface area contributed by atoms with E-state index in [1.54, 1.807) is 13.8 Å². The van der Waals surface area contributed by atoms with E-state index in [0.717, 1.165) is 16.7 Å². The van der Waals surface area contributed by atoms with Gasteiger partial charge >= 0.3 is 5.63 Å². The van der Waals surface area contributed by atoms with Gasteiger partial charge in [-0.15, -0.1) is 11.8 Å². The highest BCUT2D eigenvalue weighted by Crippen LogP contribution is 2.37. The van der Waals surface area contributed by atoms with Crippen molar-refractivity contribution in [3.8, 4) is 16.9 Å². The van der Waals surface area contributed by atoms with Gasteiger partial charge in [0.2, 0.25) is 0 Å². The Morgan fingerprint density at radius 3 is 1.91 bits per heavy atom. The summed E-state index contributed by atoms with van der Waals surface area (Å²) in [5.41, 5.74) is 2.29. The monoisotopic (exact) mass is 488 g/mol. The number of aromatic hydroxyl groups is 1. The summed E-state index contributed by atoms with van der Waals surface area (Å²) >= 11 is -0.502. The fourth-order valence-electron chi connectivity index (χ4n) is 3.50. The van der Waals surface area contributed by atoms with Crippen molar-refractivity contribution < 1.29 is 31.0 Å². The maximum atomic E-state index is 14.0. The van der Waals surface area contributed by atoms with Crippen LogP contribution in [0.3, 0.4) is 0 Å².